The van der Waals surface area contributed by atoms with Gasteiger partial charge in [-0.25, -0.2) is 0 Å². The van der Waals surface area contributed by atoms with Crippen LogP contribution in [0, 0.1) is 0 Å². The maximum atomic E-state index is 10.8. The third kappa shape index (κ3) is 3.28. The summed E-state index contributed by atoms with van der Waals surface area (Å²) in [6.45, 7) is 0. The second-order valence-corrected chi connectivity index (χ2v) is 4.62. The van der Waals surface area contributed by atoms with Gasteiger partial charge in [-0.1, -0.05) is 12.1 Å². The topological polar surface area (TPSA) is 63.6 Å². The predicted octanol–water partition coefficient (Wildman–Crippen LogP) is 2.55. The number of phenolic OH excluding ortho intramolecular Hbond substituents is 1. The van der Waals surface area contributed by atoms with Crippen molar-refractivity contribution in [2.75, 3.05) is 7.11 Å². The lowest BCUT2D eigenvalue weighted by Gasteiger charge is -2.11. The van der Waals surface area contributed by atoms with E-state index in [4.69, 9.17) is 4.74 Å². The first-order valence-corrected chi connectivity index (χ1v) is 6.56. The van der Waals surface area contributed by atoms with Crippen LogP contribution in [-0.4, -0.2) is 24.8 Å². The first kappa shape index (κ1) is 14.8. The third-order valence-corrected chi connectivity index (χ3v) is 3.27. The van der Waals surface area contributed by atoms with Crippen LogP contribution in [0.4, 0.5) is 0 Å². The molecular formula is C17H16O4. The summed E-state index contributed by atoms with van der Waals surface area (Å²) < 4.78 is 5.21. The summed E-state index contributed by atoms with van der Waals surface area (Å²) in [5, 5.41) is 10.0. The molecule has 0 aliphatic heterocycles. The molecule has 0 unspecified atom stereocenters. The number of aldehydes is 2. The number of carbonyl (C=O) groups excluding carboxylic acids is 2. The number of benzene rings is 2. The van der Waals surface area contributed by atoms with Crippen LogP contribution in [0.5, 0.6) is 11.5 Å². The Labute approximate surface area is 123 Å². The van der Waals surface area contributed by atoms with Crippen LogP contribution < -0.4 is 4.74 Å². The smallest absolute Gasteiger partial charge is 0.124 e. The molecule has 0 aliphatic rings. The minimum atomic E-state index is 0.131. The van der Waals surface area contributed by atoms with Gasteiger partial charge in [0.15, 0.2) is 0 Å². The lowest BCUT2D eigenvalue weighted by Crippen LogP contribution is -1.94. The molecule has 0 atom stereocenters. The van der Waals surface area contributed by atoms with Gasteiger partial charge in [0.2, 0.25) is 0 Å². The summed E-state index contributed by atoms with van der Waals surface area (Å²) >= 11 is 0. The Kier molecular flexibility index (Phi) is 4.72. The van der Waals surface area contributed by atoms with Gasteiger partial charge in [-0.05, 0) is 35.4 Å². The molecule has 0 aromatic heterocycles. The average Bonchev–Trinajstić information content (AvgIpc) is 2.50. The molecule has 0 amide bonds. The van der Waals surface area contributed by atoms with E-state index in [0.717, 1.165) is 29.3 Å². The standard InChI is InChI=1S/C17H16O4/c1-21-17-5-3-13(11-14(17)7-9-19)15-10-12(6-8-18)2-4-16(15)20/h2-5,8-11,20H,6-7H2,1H3. The zero-order chi connectivity index (χ0) is 15.2. The Balaban J connectivity index is 2.50. The number of hydrogen-bond donors (Lipinski definition) is 1. The summed E-state index contributed by atoms with van der Waals surface area (Å²) in [4.78, 5) is 21.4. The van der Waals surface area contributed by atoms with E-state index in [1.54, 1.807) is 31.4 Å². The number of rotatable bonds is 6. The van der Waals surface area contributed by atoms with Gasteiger partial charge in [0, 0.05) is 24.0 Å². The molecule has 21 heavy (non-hydrogen) atoms. The minimum absolute atomic E-state index is 0.131. The van der Waals surface area contributed by atoms with Crippen molar-refractivity contribution in [3.63, 3.8) is 0 Å². The van der Waals surface area contributed by atoms with Crippen molar-refractivity contribution < 1.29 is 19.4 Å². The number of carbonyl (C=O) groups is 2. The zero-order valence-corrected chi connectivity index (χ0v) is 11.7. The van der Waals surface area contributed by atoms with Gasteiger partial charge >= 0.3 is 0 Å². The molecule has 0 fully saturated rings. The van der Waals surface area contributed by atoms with Gasteiger partial charge in [0.25, 0.3) is 0 Å². The van der Waals surface area contributed by atoms with Gasteiger partial charge in [0.05, 0.1) is 7.11 Å². The quantitative estimate of drug-likeness (QED) is 0.828. The van der Waals surface area contributed by atoms with E-state index >= 15 is 0 Å². The molecule has 0 bridgehead atoms. The van der Waals surface area contributed by atoms with Crippen LogP contribution in [0.3, 0.4) is 0 Å². The van der Waals surface area contributed by atoms with Crippen molar-refractivity contribution in [1.29, 1.82) is 0 Å². The third-order valence-electron chi connectivity index (χ3n) is 3.27. The lowest BCUT2D eigenvalue weighted by atomic mass is 9.98. The SMILES string of the molecule is COc1ccc(-c2cc(CC=O)ccc2O)cc1CC=O. The molecule has 0 saturated heterocycles. The number of ether oxygens (including phenoxy) is 1. The Bertz CT molecular complexity index is 662. The molecule has 108 valence electrons. The van der Waals surface area contributed by atoms with E-state index in [-0.39, 0.29) is 12.2 Å². The molecule has 2 aromatic rings. The van der Waals surface area contributed by atoms with E-state index in [1.807, 2.05) is 12.1 Å². The fraction of sp³-hybridized carbons (Fsp3) is 0.176. The summed E-state index contributed by atoms with van der Waals surface area (Å²) in [5.41, 5.74) is 2.98. The van der Waals surface area contributed by atoms with Crippen LogP contribution in [0.1, 0.15) is 11.1 Å². The first-order chi connectivity index (χ1) is 10.2. The Hall–Kier alpha value is -2.62. The maximum Gasteiger partial charge on any atom is 0.124 e. The van der Waals surface area contributed by atoms with Gasteiger partial charge in [-0.2, -0.15) is 0 Å². The van der Waals surface area contributed by atoms with Crippen molar-refractivity contribution in [1.82, 2.24) is 0 Å². The van der Waals surface area contributed by atoms with E-state index in [0.29, 0.717) is 17.7 Å². The first-order valence-electron chi connectivity index (χ1n) is 6.56. The predicted molar refractivity (Wildman–Crippen MR) is 79.6 cm³/mol. The number of phenols is 1. The van der Waals surface area contributed by atoms with Crippen molar-refractivity contribution in [2.45, 2.75) is 12.8 Å². The van der Waals surface area contributed by atoms with Crippen molar-refractivity contribution in [3.05, 3.63) is 47.5 Å². The van der Waals surface area contributed by atoms with Crippen molar-refractivity contribution >= 4 is 12.6 Å². The minimum Gasteiger partial charge on any atom is -0.507 e. The van der Waals surface area contributed by atoms with E-state index in [1.165, 1.54) is 0 Å². The highest BCUT2D eigenvalue weighted by Gasteiger charge is 2.09. The van der Waals surface area contributed by atoms with E-state index < -0.39 is 0 Å². The van der Waals surface area contributed by atoms with Crippen molar-refractivity contribution in [2.24, 2.45) is 0 Å². The Morgan fingerprint density at radius 3 is 2.48 bits per heavy atom. The Morgan fingerprint density at radius 1 is 1.05 bits per heavy atom. The molecule has 1 N–H and O–H groups in total. The number of hydrogen-bond acceptors (Lipinski definition) is 4. The van der Waals surface area contributed by atoms with Crippen LogP contribution in [0.15, 0.2) is 36.4 Å². The van der Waals surface area contributed by atoms with E-state index in [9.17, 15) is 14.7 Å². The van der Waals surface area contributed by atoms with Gasteiger partial charge in [-0.15, -0.1) is 0 Å². The maximum absolute atomic E-state index is 10.8. The molecule has 2 rings (SSSR count). The number of methoxy groups -OCH3 is 1. The molecular weight excluding hydrogens is 268 g/mol. The molecule has 0 aliphatic carbocycles. The second kappa shape index (κ2) is 6.70. The highest BCUT2D eigenvalue weighted by molar-refractivity contribution is 5.74. The van der Waals surface area contributed by atoms with Crippen LogP contribution >= 0.6 is 0 Å². The second-order valence-electron chi connectivity index (χ2n) is 4.62. The molecule has 4 nitrogen and oxygen atoms in total. The normalized spacial score (nSPS) is 10.1. The largest absolute Gasteiger partial charge is 0.507 e. The average molecular weight is 284 g/mol. The fourth-order valence-corrected chi connectivity index (χ4v) is 2.23. The Morgan fingerprint density at radius 2 is 1.81 bits per heavy atom. The fourth-order valence-electron chi connectivity index (χ4n) is 2.23. The van der Waals surface area contributed by atoms with Gasteiger partial charge in [0.1, 0.15) is 24.1 Å². The zero-order valence-electron chi connectivity index (χ0n) is 11.7. The molecule has 0 heterocycles. The summed E-state index contributed by atoms with van der Waals surface area (Å²) in [6, 6.07) is 10.4. The molecule has 2 aromatic carbocycles. The van der Waals surface area contributed by atoms with Crippen molar-refractivity contribution in [3.8, 4) is 22.6 Å². The van der Waals surface area contributed by atoms with Crippen LogP contribution in [0.25, 0.3) is 11.1 Å². The summed E-state index contributed by atoms with van der Waals surface area (Å²) in [6.07, 6.45) is 2.17. The molecule has 4 heteroatoms. The van der Waals surface area contributed by atoms with E-state index in [2.05, 4.69) is 0 Å². The monoisotopic (exact) mass is 284 g/mol. The highest BCUT2D eigenvalue weighted by atomic mass is 16.5. The summed E-state index contributed by atoms with van der Waals surface area (Å²) in [7, 11) is 1.55. The van der Waals surface area contributed by atoms with Crippen LogP contribution in [-0.2, 0) is 22.4 Å². The molecule has 0 radical (unpaired) electrons. The lowest BCUT2D eigenvalue weighted by molar-refractivity contribution is -0.108. The highest BCUT2D eigenvalue weighted by Crippen LogP contribution is 2.33. The molecule has 0 spiro atoms. The van der Waals surface area contributed by atoms with Crippen LogP contribution in [0.2, 0.25) is 0 Å². The van der Waals surface area contributed by atoms with Gasteiger partial charge < -0.3 is 19.4 Å². The summed E-state index contributed by atoms with van der Waals surface area (Å²) in [5.74, 6) is 0.765. The van der Waals surface area contributed by atoms with Gasteiger partial charge in [-0.3, -0.25) is 0 Å². The number of aromatic hydroxyl groups is 1. The molecule has 0 saturated carbocycles.